The third-order valence-electron chi connectivity index (χ3n) is 2.79. The van der Waals surface area contributed by atoms with Gasteiger partial charge in [-0.2, -0.15) is 0 Å². The van der Waals surface area contributed by atoms with Gasteiger partial charge in [-0.05, 0) is 13.3 Å². The third-order valence-corrected chi connectivity index (χ3v) is 4.02. The standard InChI is InChI=1S/C11H18N2O2S/c1-3-9-7-13(4-5-15-9)11-12-6-10(16-11)8(2)14/h6,8-9,14H,3-5,7H2,1-2H3. The number of aliphatic hydroxyl groups excluding tert-OH is 1. The van der Waals surface area contributed by atoms with E-state index in [9.17, 15) is 5.11 Å². The Kier molecular flexibility index (Phi) is 3.78. The van der Waals surface area contributed by atoms with Crippen molar-refractivity contribution in [3.8, 4) is 0 Å². The second-order valence-electron chi connectivity index (χ2n) is 4.07. The van der Waals surface area contributed by atoms with Gasteiger partial charge in [0.05, 0.1) is 23.7 Å². The van der Waals surface area contributed by atoms with Crippen LogP contribution in [0, 0.1) is 0 Å². The van der Waals surface area contributed by atoms with Crippen LogP contribution in [0.5, 0.6) is 0 Å². The van der Waals surface area contributed by atoms with Crippen LogP contribution in [0.1, 0.15) is 31.2 Å². The predicted octanol–water partition coefficient (Wildman–Crippen LogP) is 1.81. The van der Waals surface area contributed by atoms with E-state index >= 15 is 0 Å². The van der Waals surface area contributed by atoms with Gasteiger partial charge in [-0.1, -0.05) is 18.3 Å². The SMILES string of the molecule is CCC1CN(c2ncc(C(C)O)s2)CCO1. The Morgan fingerprint density at radius 3 is 3.19 bits per heavy atom. The molecule has 2 unspecified atom stereocenters. The summed E-state index contributed by atoms with van der Waals surface area (Å²) in [5.41, 5.74) is 0. The number of nitrogens with zero attached hydrogens (tertiary/aromatic N) is 2. The first-order valence-corrected chi connectivity index (χ1v) is 6.52. The van der Waals surface area contributed by atoms with Gasteiger partial charge < -0.3 is 14.7 Å². The molecule has 16 heavy (non-hydrogen) atoms. The van der Waals surface area contributed by atoms with Gasteiger partial charge in [0.2, 0.25) is 0 Å². The third kappa shape index (κ3) is 2.53. The molecule has 1 fully saturated rings. The van der Waals surface area contributed by atoms with Crippen molar-refractivity contribution in [2.45, 2.75) is 32.5 Å². The summed E-state index contributed by atoms with van der Waals surface area (Å²) in [6.45, 7) is 6.47. The van der Waals surface area contributed by atoms with E-state index < -0.39 is 6.10 Å². The Morgan fingerprint density at radius 1 is 1.75 bits per heavy atom. The summed E-state index contributed by atoms with van der Waals surface area (Å²) >= 11 is 1.57. The minimum Gasteiger partial charge on any atom is -0.388 e. The van der Waals surface area contributed by atoms with E-state index in [1.807, 2.05) is 0 Å². The smallest absolute Gasteiger partial charge is 0.185 e. The number of morpholine rings is 1. The maximum atomic E-state index is 9.46. The highest BCUT2D eigenvalue weighted by Crippen LogP contribution is 2.28. The Labute approximate surface area is 99.9 Å². The van der Waals surface area contributed by atoms with Crippen molar-refractivity contribution >= 4 is 16.5 Å². The summed E-state index contributed by atoms with van der Waals surface area (Å²) in [6.07, 6.45) is 2.69. The molecule has 1 N–H and O–H groups in total. The summed E-state index contributed by atoms with van der Waals surface area (Å²) in [5.74, 6) is 0. The molecule has 4 nitrogen and oxygen atoms in total. The Balaban J connectivity index is 2.05. The zero-order valence-corrected chi connectivity index (χ0v) is 10.5. The van der Waals surface area contributed by atoms with Crippen LogP contribution < -0.4 is 4.90 Å². The average Bonchev–Trinajstić information content (AvgIpc) is 2.78. The van der Waals surface area contributed by atoms with Gasteiger partial charge in [-0.3, -0.25) is 0 Å². The van der Waals surface area contributed by atoms with E-state index in [2.05, 4.69) is 16.8 Å². The maximum Gasteiger partial charge on any atom is 0.185 e. The van der Waals surface area contributed by atoms with Crippen LogP contribution >= 0.6 is 11.3 Å². The summed E-state index contributed by atoms with van der Waals surface area (Å²) < 4.78 is 5.62. The van der Waals surface area contributed by atoms with Crippen molar-refractivity contribution in [1.82, 2.24) is 4.98 Å². The lowest BCUT2D eigenvalue weighted by Gasteiger charge is -2.32. The van der Waals surface area contributed by atoms with Crippen LogP contribution in [0.2, 0.25) is 0 Å². The number of rotatable bonds is 3. The zero-order chi connectivity index (χ0) is 11.5. The first-order chi connectivity index (χ1) is 7.70. The van der Waals surface area contributed by atoms with Crippen molar-refractivity contribution < 1.29 is 9.84 Å². The first kappa shape index (κ1) is 11.8. The molecule has 1 aliphatic rings. The normalized spacial score (nSPS) is 23.4. The number of thiazole rings is 1. The highest BCUT2D eigenvalue weighted by atomic mass is 32.1. The largest absolute Gasteiger partial charge is 0.388 e. The van der Waals surface area contributed by atoms with E-state index in [-0.39, 0.29) is 0 Å². The van der Waals surface area contributed by atoms with Crippen LogP contribution in [0.15, 0.2) is 6.20 Å². The van der Waals surface area contributed by atoms with E-state index in [0.29, 0.717) is 6.10 Å². The Morgan fingerprint density at radius 2 is 2.56 bits per heavy atom. The van der Waals surface area contributed by atoms with Crippen LogP contribution in [0.25, 0.3) is 0 Å². The van der Waals surface area contributed by atoms with Gasteiger partial charge in [0.1, 0.15) is 0 Å². The molecular formula is C11H18N2O2S. The lowest BCUT2D eigenvalue weighted by Crippen LogP contribution is -2.42. The minimum atomic E-state index is -0.422. The van der Waals surface area contributed by atoms with Crippen LogP contribution in [-0.2, 0) is 4.74 Å². The number of aliphatic hydroxyl groups is 1. The van der Waals surface area contributed by atoms with Crippen molar-refractivity contribution in [3.05, 3.63) is 11.1 Å². The van der Waals surface area contributed by atoms with E-state index in [0.717, 1.165) is 36.1 Å². The molecule has 0 saturated carbocycles. The molecule has 0 radical (unpaired) electrons. The van der Waals surface area contributed by atoms with Crippen molar-refractivity contribution in [3.63, 3.8) is 0 Å². The second-order valence-corrected chi connectivity index (χ2v) is 5.11. The number of ether oxygens (including phenoxy) is 1. The summed E-state index contributed by atoms with van der Waals surface area (Å²) in [7, 11) is 0. The average molecular weight is 242 g/mol. The van der Waals surface area contributed by atoms with E-state index in [1.54, 1.807) is 24.5 Å². The molecule has 1 saturated heterocycles. The molecule has 1 aromatic heterocycles. The van der Waals surface area contributed by atoms with Gasteiger partial charge in [0.25, 0.3) is 0 Å². The molecule has 0 spiro atoms. The monoisotopic (exact) mass is 242 g/mol. The topological polar surface area (TPSA) is 45.6 Å². The molecule has 2 heterocycles. The summed E-state index contributed by atoms with van der Waals surface area (Å²) in [5, 5.41) is 10.5. The predicted molar refractivity (Wildman–Crippen MR) is 65.0 cm³/mol. The van der Waals surface area contributed by atoms with Crippen molar-refractivity contribution in [2.75, 3.05) is 24.6 Å². The minimum absolute atomic E-state index is 0.313. The van der Waals surface area contributed by atoms with Crippen LogP contribution in [0.4, 0.5) is 5.13 Å². The zero-order valence-electron chi connectivity index (χ0n) is 9.72. The molecule has 5 heteroatoms. The Hall–Kier alpha value is -0.650. The fourth-order valence-electron chi connectivity index (χ4n) is 1.76. The molecule has 0 bridgehead atoms. The van der Waals surface area contributed by atoms with Gasteiger partial charge in [-0.15, -0.1) is 0 Å². The van der Waals surface area contributed by atoms with Crippen LogP contribution in [-0.4, -0.2) is 35.9 Å². The van der Waals surface area contributed by atoms with Gasteiger partial charge in [0.15, 0.2) is 5.13 Å². The van der Waals surface area contributed by atoms with E-state index in [1.165, 1.54) is 0 Å². The summed E-state index contributed by atoms with van der Waals surface area (Å²) in [4.78, 5) is 7.53. The van der Waals surface area contributed by atoms with Gasteiger partial charge in [-0.25, -0.2) is 4.98 Å². The lowest BCUT2D eigenvalue weighted by molar-refractivity contribution is 0.0384. The molecule has 90 valence electrons. The fourth-order valence-corrected chi connectivity index (χ4v) is 2.64. The number of anilines is 1. The van der Waals surface area contributed by atoms with Gasteiger partial charge in [0, 0.05) is 19.3 Å². The van der Waals surface area contributed by atoms with Gasteiger partial charge >= 0.3 is 0 Å². The number of aromatic nitrogens is 1. The van der Waals surface area contributed by atoms with Crippen molar-refractivity contribution in [2.24, 2.45) is 0 Å². The highest BCUT2D eigenvalue weighted by molar-refractivity contribution is 7.15. The molecule has 0 aliphatic carbocycles. The molecule has 1 aliphatic heterocycles. The molecule has 0 amide bonds. The first-order valence-electron chi connectivity index (χ1n) is 5.71. The molecular weight excluding hydrogens is 224 g/mol. The van der Waals surface area contributed by atoms with Crippen molar-refractivity contribution in [1.29, 1.82) is 0 Å². The fraction of sp³-hybridized carbons (Fsp3) is 0.727. The molecule has 2 rings (SSSR count). The number of hydrogen-bond donors (Lipinski definition) is 1. The summed E-state index contributed by atoms with van der Waals surface area (Å²) in [6, 6.07) is 0. The maximum absolute atomic E-state index is 9.46. The highest BCUT2D eigenvalue weighted by Gasteiger charge is 2.21. The van der Waals surface area contributed by atoms with Crippen LogP contribution in [0.3, 0.4) is 0 Å². The molecule has 0 aromatic carbocycles. The molecule has 1 aromatic rings. The quantitative estimate of drug-likeness (QED) is 0.878. The van der Waals surface area contributed by atoms with E-state index in [4.69, 9.17) is 4.74 Å². The lowest BCUT2D eigenvalue weighted by atomic mass is 10.2. The Bertz CT molecular complexity index is 340. The second kappa shape index (κ2) is 5.12. The molecule has 2 atom stereocenters. The number of hydrogen-bond acceptors (Lipinski definition) is 5.